The summed E-state index contributed by atoms with van der Waals surface area (Å²) in [4.78, 5) is 11.8. The van der Waals surface area contributed by atoms with Gasteiger partial charge in [0.2, 0.25) is 0 Å². The third kappa shape index (κ3) is 4.02. The molecule has 2 unspecified atom stereocenters. The van der Waals surface area contributed by atoms with Crippen molar-refractivity contribution in [3.8, 4) is 0 Å². The Labute approximate surface area is 103 Å². The summed E-state index contributed by atoms with van der Waals surface area (Å²) in [5.74, 6) is 0.200. The molecule has 0 bridgehead atoms. The first-order chi connectivity index (χ1) is 8.22. The van der Waals surface area contributed by atoms with Crippen LogP contribution in [0.4, 0.5) is 0 Å². The molecule has 0 amide bonds. The van der Waals surface area contributed by atoms with Crippen molar-refractivity contribution in [1.29, 1.82) is 0 Å². The maximum atomic E-state index is 11.8. The van der Waals surface area contributed by atoms with Crippen molar-refractivity contribution in [2.24, 2.45) is 17.0 Å². The molecule has 98 valence electrons. The molecule has 1 rings (SSSR count). The third-order valence-electron chi connectivity index (χ3n) is 3.47. The molecule has 0 aromatic heterocycles. The number of carbonyl (C=O) groups excluding carboxylic acids is 1. The highest BCUT2D eigenvalue weighted by molar-refractivity contribution is 5.87. The van der Waals surface area contributed by atoms with Gasteiger partial charge in [-0.3, -0.25) is 4.79 Å². The number of unbranched alkanes of at least 4 members (excludes halogenated alkanes) is 1. The molecular formula is C13H23NO3. The second kappa shape index (κ2) is 7.30. The summed E-state index contributed by atoms with van der Waals surface area (Å²) in [6, 6.07) is 0. The van der Waals surface area contributed by atoms with Gasteiger partial charge in [0.15, 0.2) is 0 Å². The van der Waals surface area contributed by atoms with Crippen molar-refractivity contribution in [3.63, 3.8) is 0 Å². The molecule has 4 heteroatoms. The molecule has 1 N–H and O–H groups in total. The average Bonchev–Trinajstić information content (AvgIpc) is 2.36. The average molecular weight is 241 g/mol. The van der Waals surface area contributed by atoms with E-state index in [1.165, 1.54) is 0 Å². The standard InChI is InChI=1S/C13H23NO3/c1-3-5-6-10-9-11(14-16)7-8-12(10)13(15)17-4-2/h10,12,16H,3-9H2,1-2H3. The summed E-state index contributed by atoms with van der Waals surface area (Å²) < 4.78 is 5.12. The minimum Gasteiger partial charge on any atom is -0.466 e. The molecule has 1 saturated carbocycles. The van der Waals surface area contributed by atoms with Gasteiger partial charge in [-0.15, -0.1) is 0 Å². The first-order valence-electron chi connectivity index (χ1n) is 6.59. The summed E-state index contributed by atoms with van der Waals surface area (Å²) in [5, 5.41) is 12.1. The van der Waals surface area contributed by atoms with Crippen LogP contribution in [0.15, 0.2) is 5.16 Å². The first kappa shape index (κ1) is 14.0. The summed E-state index contributed by atoms with van der Waals surface area (Å²) in [7, 11) is 0. The molecule has 4 nitrogen and oxygen atoms in total. The van der Waals surface area contributed by atoms with Crippen LogP contribution in [0, 0.1) is 11.8 Å². The van der Waals surface area contributed by atoms with Crippen molar-refractivity contribution < 1.29 is 14.7 Å². The van der Waals surface area contributed by atoms with Crippen LogP contribution in [0.25, 0.3) is 0 Å². The van der Waals surface area contributed by atoms with Crippen LogP contribution < -0.4 is 0 Å². The van der Waals surface area contributed by atoms with Gasteiger partial charge >= 0.3 is 5.97 Å². The quantitative estimate of drug-likeness (QED) is 0.457. The highest BCUT2D eigenvalue weighted by Gasteiger charge is 2.34. The van der Waals surface area contributed by atoms with Crippen molar-refractivity contribution in [2.75, 3.05) is 6.61 Å². The smallest absolute Gasteiger partial charge is 0.309 e. The fourth-order valence-electron chi connectivity index (χ4n) is 2.52. The van der Waals surface area contributed by atoms with E-state index >= 15 is 0 Å². The van der Waals surface area contributed by atoms with Crippen molar-refractivity contribution in [1.82, 2.24) is 0 Å². The number of carbonyl (C=O) groups is 1. The Morgan fingerprint density at radius 3 is 2.88 bits per heavy atom. The number of hydrogen-bond donors (Lipinski definition) is 1. The van der Waals surface area contributed by atoms with E-state index < -0.39 is 0 Å². The number of oxime groups is 1. The SMILES string of the molecule is CCCCC1CC(=NO)CCC1C(=O)OCC. The van der Waals surface area contributed by atoms with Gasteiger partial charge in [-0.25, -0.2) is 0 Å². The molecule has 0 radical (unpaired) electrons. The van der Waals surface area contributed by atoms with Crippen LogP contribution >= 0.6 is 0 Å². The molecule has 1 aliphatic carbocycles. The number of ether oxygens (including phenoxy) is 1. The normalized spacial score (nSPS) is 27.1. The predicted octanol–water partition coefficient (Wildman–Crippen LogP) is 2.99. The maximum absolute atomic E-state index is 11.8. The third-order valence-corrected chi connectivity index (χ3v) is 3.47. The zero-order valence-corrected chi connectivity index (χ0v) is 10.8. The zero-order chi connectivity index (χ0) is 12.7. The minimum atomic E-state index is -0.0782. The highest BCUT2D eigenvalue weighted by Crippen LogP contribution is 2.33. The minimum absolute atomic E-state index is 0.00741. The Balaban J connectivity index is 2.62. The van der Waals surface area contributed by atoms with Crippen molar-refractivity contribution in [3.05, 3.63) is 0 Å². The van der Waals surface area contributed by atoms with Crippen LogP contribution in [0.5, 0.6) is 0 Å². The topological polar surface area (TPSA) is 58.9 Å². The first-order valence-corrected chi connectivity index (χ1v) is 6.59. The van der Waals surface area contributed by atoms with Crippen LogP contribution in [0.1, 0.15) is 52.4 Å². The summed E-state index contributed by atoms with van der Waals surface area (Å²) >= 11 is 0. The van der Waals surface area contributed by atoms with Crippen molar-refractivity contribution >= 4 is 11.7 Å². The lowest BCUT2D eigenvalue weighted by atomic mass is 9.76. The van der Waals surface area contributed by atoms with Gasteiger partial charge in [0.1, 0.15) is 0 Å². The second-order valence-electron chi connectivity index (χ2n) is 4.67. The molecule has 0 aromatic rings. The van der Waals surface area contributed by atoms with E-state index in [4.69, 9.17) is 9.94 Å². The monoisotopic (exact) mass is 241 g/mol. The van der Waals surface area contributed by atoms with E-state index in [1.807, 2.05) is 6.92 Å². The molecule has 0 saturated heterocycles. The molecule has 2 atom stereocenters. The largest absolute Gasteiger partial charge is 0.466 e. The van der Waals surface area contributed by atoms with E-state index in [0.717, 1.165) is 37.8 Å². The molecular weight excluding hydrogens is 218 g/mol. The Hall–Kier alpha value is -1.06. The van der Waals surface area contributed by atoms with E-state index in [-0.39, 0.29) is 17.8 Å². The molecule has 17 heavy (non-hydrogen) atoms. The van der Waals surface area contributed by atoms with Gasteiger partial charge in [-0.2, -0.15) is 0 Å². The molecule has 0 spiro atoms. The van der Waals surface area contributed by atoms with Crippen LogP contribution in [0.3, 0.4) is 0 Å². The van der Waals surface area contributed by atoms with Crippen LogP contribution in [-0.2, 0) is 9.53 Å². The summed E-state index contributed by atoms with van der Waals surface area (Å²) in [5.41, 5.74) is 0.826. The zero-order valence-electron chi connectivity index (χ0n) is 10.8. The van der Waals surface area contributed by atoms with Crippen LogP contribution in [0.2, 0.25) is 0 Å². The van der Waals surface area contributed by atoms with E-state index in [9.17, 15) is 4.79 Å². The van der Waals surface area contributed by atoms with Gasteiger partial charge < -0.3 is 9.94 Å². The number of rotatable bonds is 5. The molecule has 0 aromatic carbocycles. The second-order valence-corrected chi connectivity index (χ2v) is 4.67. The lowest BCUT2D eigenvalue weighted by Gasteiger charge is -2.30. The van der Waals surface area contributed by atoms with Crippen molar-refractivity contribution in [2.45, 2.75) is 52.4 Å². The molecule has 0 aliphatic heterocycles. The van der Waals surface area contributed by atoms with E-state index in [2.05, 4.69) is 12.1 Å². The summed E-state index contributed by atoms with van der Waals surface area (Å²) in [6.07, 6.45) is 5.45. The lowest BCUT2D eigenvalue weighted by molar-refractivity contribution is -0.150. The van der Waals surface area contributed by atoms with Gasteiger partial charge in [0.05, 0.1) is 18.2 Å². The van der Waals surface area contributed by atoms with Gasteiger partial charge in [-0.1, -0.05) is 24.9 Å². The maximum Gasteiger partial charge on any atom is 0.309 e. The van der Waals surface area contributed by atoms with Crippen LogP contribution in [-0.4, -0.2) is 23.5 Å². The highest BCUT2D eigenvalue weighted by atomic mass is 16.5. The predicted molar refractivity (Wildman–Crippen MR) is 66.2 cm³/mol. The molecule has 1 aliphatic rings. The summed E-state index contributed by atoms with van der Waals surface area (Å²) in [6.45, 7) is 4.42. The fraction of sp³-hybridized carbons (Fsp3) is 0.846. The van der Waals surface area contributed by atoms with Gasteiger partial charge in [-0.05, 0) is 38.5 Å². The van der Waals surface area contributed by atoms with E-state index in [1.54, 1.807) is 0 Å². The number of nitrogens with zero attached hydrogens (tertiary/aromatic N) is 1. The fourth-order valence-corrected chi connectivity index (χ4v) is 2.52. The van der Waals surface area contributed by atoms with Gasteiger partial charge in [0.25, 0.3) is 0 Å². The Morgan fingerprint density at radius 2 is 2.29 bits per heavy atom. The molecule has 0 heterocycles. The Bertz CT molecular complexity index is 276. The van der Waals surface area contributed by atoms with E-state index in [0.29, 0.717) is 13.0 Å². The number of esters is 1. The lowest BCUT2D eigenvalue weighted by Crippen LogP contribution is -2.32. The van der Waals surface area contributed by atoms with Gasteiger partial charge in [0, 0.05) is 0 Å². The Kier molecular flexibility index (Phi) is 6.01. The molecule has 1 fully saturated rings. The Morgan fingerprint density at radius 1 is 1.53 bits per heavy atom. The number of hydrogen-bond acceptors (Lipinski definition) is 4.